The largest absolute Gasteiger partial charge is 0.493 e. The topological polar surface area (TPSA) is 77.1 Å². The smallest absolute Gasteiger partial charge is 0.229 e. The fourth-order valence-corrected chi connectivity index (χ4v) is 3.48. The molecule has 0 aromatic heterocycles. The molecule has 160 valence electrons. The van der Waals surface area contributed by atoms with Crippen LogP contribution in [0.2, 0.25) is 0 Å². The Morgan fingerprint density at radius 1 is 1.10 bits per heavy atom. The molecule has 0 aliphatic carbocycles. The van der Waals surface area contributed by atoms with Gasteiger partial charge in [-0.25, -0.2) is 0 Å². The summed E-state index contributed by atoms with van der Waals surface area (Å²) >= 11 is 0. The van der Waals surface area contributed by atoms with Crippen molar-refractivity contribution in [1.29, 1.82) is 0 Å². The van der Waals surface area contributed by atoms with Crippen LogP contribution in [0.5, 0.6) is 17.2 Å². The van der Waals surface area contributed by atoms with E-state index >= 15 is 0 Å². The van der Waals surface area contributed by atoms with Gasteiger partial charge in [-0.1, -0.05) is 0 Å². The van der Waals surface area contributed by atoms with Gasteiger partial charge in [0.1, 0.15) is 5.75 Å². The lowest BCUT2D eigenvalue weighted by atomic mass is 10.1. The second-order valence-corrected chi connectivity index (χ2v) is 7.58. The Labute approximate surface area is 176 Å². The molecular weight excluding hydrogens is 384 g/mol. The van der Waals surface area contributed by atoms with Crippen molar-refractivity contribution in [1.82, 2.24) is 0 Å². The minimum atomic E-state index is -0.434. The summed E-state index contributed by atoms with van der Waals surface area (Å²) in [6, 6.07) is 10.8. The standard InChI is InChI=1S/C23H28N2O5/c1-14(2)30-18-7-8-19(15(3)10-18)24-23(27)16-11-22(26)25(13-16)17-6-9-20(28-4)21(12-17)29-5/h6-10,12,14,16H,11,13H2,1-5H3,(H,24,27). The van der Waals surface area contributed by atoms with Crippen LogP contribution in [0.25, 0.3) is 0 Å². The van der Waals surface area contributed by atoms with Gasteiger partial charge in [0.05, 0.1) is 26.2 Å². The summed E-state index contributed by atoms with van der Waals surface area (Å²) in [4.78, 5) is 27.0. The molecule has 7 nitrogen and oxygen atoms in total. The molecule has 1 N–H and O–H groups in total. The number of nitrogens with one attached hydrogen (secondary N) is 1. The third-order valence-corrected chi connectivity index (χ3v) is 5.00. The van der Waals surface area contributed by atoms with Crippen molar-refractivity contribution < 1.29 is 23.8 Å². The summed E-state index contributed by atoms with van der Waals surface area (Å²) in [7, 11) is 3.10. The molecule has 0 saturated carbocycles. The van der Waals surface area contributed by atoms with Gasteiger partial charge < -0.3 is 24.4 Å². The van der Waals surface area contributed by atoms with Crippen molar-refractivity contribution in [3.8, 4) is 17.2 Å². The normalized spacial score (nSPS) is 16.0. The Morgan fingerprint density at radius 2 is 1.83 bits per heavy atom. The van der Waals surface area contributed by atoms with Crippen LogP contribution in [0.3, 0.4) is 0 Å². The molecule has 2 aromatic carbocycles. The van der Waals surface area contributed by atoms with Gasteiger partial charge in [0.25, 0.3) is 0 Å². The molecule has 1 unspecified atom stereocenters. The Bertz CT molecular complexity index is 941. The second kappa shape index (κ2) is 9.07. The summed E-state index contributed by atoms with van der Waals surface area (Å²) in [5.41, 5.74) is 2.30. The van der Waals surface area contributed by atoms with Crippen LogP contribution in [0.15, 0.2) is 36.4 Å². The Kier molecular flexibility index (Phi) is 6.50. The predicted molar refractivity (Wildman–Crippen MR) is 116 cm³/mol. The fourth-order valence-electron chi connectivity index (χ4n) is 3.48. The summed E-state index contributed by atoms with van der Waals surface area (Å²) < 4.78 is 16.2. The van der Waals surface area contributed by atoms with E-state index in [-0.39, 0.29) is 24.3 Å². The van der Waals surface area contributed by atoms with E-state index in [2.05, 4.69) is 5.32 Å². The lowest BCUT2D eigenvalue weighted by Gasteiger charge is -2.19. The van der Waals surface area contributed by atoms with Gasteiger partial charge in [-0.3, -0.25) is 9.59 Å². The minimum absolute atomic E-state index is 0.0805. The molecular formula is C23H28N2O5. The van der Waals surface area contributed by atoms with Crippen LogP contribution in [0.1, 0.15) is 25.8 Å². The van der Waals surface area contributed by atoms with Crippen molar-refractivity contribution in [3.63, 3.8) is 0 Å². The van der Waals surface area contributed by atoms with Gasteiger partial charge in [0, 0.05) is 30.4 Å². The molecule has 1 aliphatic rings. The molecule has 7 heteroatoms. The van der Waals surface area contributed by atoms with E-state index in [1.165, 1.54) is 0 Å². The lowest BCUT2D eigenvalue weighted by molar-refractivity contribution is -0.122. The zero-order valence-electron chi connectivity index (χ0n) is 18.0. The van der Waals surface area contributed by atoms with Gasteiger partial charge in [-0.05, 0) is 56.7 Å². The molecule has 0 radical (unpaired) electrons. The van der Waals surface area contributed by atoms with Crippen molar-refractivity contribution in [2.24, 2.45) is 5.92 Å². The van der Waals surface area contributed by atoms with E-state index in [1.807, 2.05) is 39.0 Å². The van der Waals surface area contributed by atoms with Crippen LogP contribution in [0.4, 0.5) is 11.4 Å². The number of amides is 2. The maximum Gasteiger partial charge on any atom is 0.229 e. The highest BCUT2D eigenvalue weighted by Gasteiger charge is 2.35. The number of carbonyl (C=O) groups is 2. The van der Waals surface area contributed by atoms with Crippen molar-refractivity contribution in [3.05, 3.63) is 42.0 Å². The number of benzene rings is 2. The number of hydrogen-bond acceptors (Lipinski definition) is 5. The maximum atomic E-state index is 12.8. The van der Waals surface area contributed by atoms with Crippen LogP contribution in [0, 0.1) is 12.8 Å². The molecule has 0 bridgehead atoms. The zero-order valence-corrected chi connectivity index (χ0v) is 18.0. The van der Waals surface area contributed by atoms with Crippen LogP contribution < -0.4 is 24.4 Å². The molecule has 1 fully saturated rings. The molecule has 2 amide bonds. The molecule has 30 heavy (non-hydrogen) atoms. The van der Waals surface area contributed by atoms with Gasteiger partial charge in [-0.15, -0.1) is 0 Å². The number of nitrogens with zero attached hydrogens (tertiary/aromatic N) is 1. The lowest BCUT2D eigenvalue weighted by Crippen LogP contribution is -2.28. The average Bonchev–Trinajstić information content (AvgIpc) is 3.10. The Balaban J connectivity index is 1.70. The first-order valence-corrected chi connectivity index (χ1v) is 9.93. The zero-order chi connectivity index (χ0) is 21.8. The van der Waals surface area contributed by atoms with Gasteiger partial charge >= 0.3 is 0 Å². The van der Waals surface area contributed by atoms with Crippen molar-refractivity contribution in [2.45, 2.75) is 33.3 Å². The van der Waals surface area contributed by atoms with E-state index < -0.39 is 5.92 Å². The van der Waals surface area contributed by atoms with Gasteiger partial charge in [-0.2, -0.15) is 0 Å². The van der Waals surface area contributed by atoms with Crippen LogP contribution >= 0.6 is 0 Å². The fraction of sp³-hybridized carbons (Fsp3) is 0.391. The predicted octanol–water partition coefficient (Wildman–Crippen LogP) is 3.79. The van der Waals surface area contributed by atoms with Crippen LogP contribution in [-0.4, -0.2) is 38.7 Å². The monoisotopic (exact) mass is 412 g/mol. The molecule has 1 saturated heterocycles. The van der Waals surface area contributed by atoms with Gasteiger partial charge in [0.15, 0.2) is 11.5 Å². The summed E-state index contributed by atoms with van der Waals surface area (Å²) in [6.07, 6.45) is 0.241. The number of anilines is 2. The first-order chi connectivity index (χ1) is 14.3. The average molecular weight is 412 g/mol. The van der Waals surface area contributed by atoms with Gasteiger partial charge in [0.2, 0.25) is 11.8 Å². The molecule has 0 spiro atoms. The van der Waals surface area contributed by atoms with E-state index in [1.54, 1.807) is 37.3 Å². The highest BCUT2D eigenvalue weighted by molar-refractivity contribution is 6.03. The Morgan fingerprint density at radius 3 is 2.47 bits per heavy atom. The van der Waals surface area contributed by atoms with E-state index in [4.69, 9.17) is 14.2 Å². The summed E-state index contributed by atoms with van der Waals surface area (Å²) in [5, 5.41) is 2.95. The van der Waals surface area contributed by atoms with E-state index in [0.717, 1.165) is 11.3 Å². The second-order valence-electron chi connectivity index (χ2n) is 7.58. The van der Waals surface area contributed by atoms with E-state index in [0.29, 0.717) is 29.4 Å². The van der Waals surface area contributed by atoms with E-state index in [9.17, 15) is 9.59 Å². The number of aryl methyl sites for hydroxylation is 1. The third kappa shape index (κ3) is 4.67. The molecule has 3 rings (SSSR count). The molecule has 1 atom stereocenters. The summed E-state index contributed by atoms with van der Waals surface area (Å²) in [6.45, 7) is 6.16. The number of methoxy groups -OCH3 is 2. The highest BCUT2D eigenvalue weighted by atomic mass is 16.5. The van der Waals surface area contributed by atoms with Crippen LogP contribution in [-0.2, 0) is 9.59 Å². The quantitative estimate of drug-likeness (QED) is 0.749. The third-order valence-electron chi connectivity index (χ3n) is 5.00. The number of ether oxygens (including phenoxy) is 3. The number of hydrogen-bond donors (Lipinski definition) is 1. The number of rotatable bonds is 7. The minimum Gasteiger partial charge on any atom is -0.493 e. The Hall–Kier alpha value is -3.22. The molecule has 1 aliphatic heterocycles. The first-order valence-electron chi connectivity index (χ1n) is 9.93. The molecule has 2 aromatic rings. The number of carbonyl (C=O) groups excluding carboxylic acids is 2. The van der Waals surface area contributed by atoms with Crippen molar-refractivity contribution >= 4 is 23.2 Å². The first kappa shape index (κ1) is 21.5. The highest BCUT2D eigenvalue weighted by Crippen LogP contribution is 2.34. The SMILES string of the molecule is COc1ccc(N2CC(C(=O)Nc3ccc(OC(C)C)cc3C)CC2=O)cc1OC. The summed E-state index contributed by atoms with van der Waals surface area (Å²) in [5.74, 6) is 1.18. The molecule has 1 heterocycles. The maximum absolute atomic E-state index is 12.8. The van der Waals surface area contributed by atoms with Crippen molar-refractivity contribution in [2.75, 3.05) is 31.0 Å².